The van der Waals surface area contributed by atoms with Crippen LogP contribution in [0.2, 0.25) is 0 Å². The highest BCUT2D eigenvalue weighted by molar-refractivity contribution is 7.98. The van der Waals surface area contributed by atoms with Gasteiger partial charge in [-0.1, -0.05) is 37.7 Å². The van der Waals surface area contributed by atoms with E-state index in [4.69, 9.17) is 0 Å². The van der Waals surface area contributed by atoms with Crippen molar-refractivity contribution in [2.45, 2.75) is 37.5 Å². The van der Waals surface area contributed by atoms with Gasteiger partial charge in [-0.2, -0.15) is 13.2 Å². The van der Waals surface area contributed by atoms with Crippen LogP contribution in [0.1, 0.15) is 19.4 Å². The predicted octanol–water partition coefficient (Wildman–Crippen LogP) is 3.56. The molecule has 5 nitrogen and oxygen atoms in total. The Morgan fingerprint density at radius 3 is 2.52 bits per heavy atom. The van der Waals surface area contributed by atoms with Crippen molar-refractivity contribution in [3.05, 3.63) is 29.8 Å². The van der Waals surface area contributed by atoms with Gasteiger partial charge in [0.2, 0.25) is 5.16 Å². The molecule has 0 saturated heterocycles. The number of halogens is 3. The lowest BCUT2D eigenvalue weighted by Gasteiger charge is -2.09. The fraction of sp³-hybridized carbons (Fsp3) is 0.500. The van der Waals surface area contributed by atoms with Gasteiger partial charge in [0.05, 0.1) is 0 Å². The van der Waals surface area contributed by atoms with E-state index in [1.807, 2.05) is 0 Å². The third-order valence-corrected chi connectivity index (χ3v) is 3.76. The van der Waals surface area contributed by atoms with E-state index in [9.17, 15) is 13.2 Å². The second kappa shape index (κ2) is 7.67. The predicted molar refractivity (Wildman–Crippen MR) is 80.2 cm³/mol. The molecule has 2 rings (SSSR count). The molecule has 0 bridgehead atoms. The smallest absolute Gasteiger partial charge is 0.422 e. The third kappa shape index (κ3) is 6.09. The molecule has 0 fully saturated rings. The average molecular weight is 346 g/mol. The zero-order valence-corrected chi connectivity index (χ0v) is 13.6. The van der Waals surface area contributed by atoms with Crippen molar-refractivity contribution in [2.75, 3.05) is 6.61 Å². The Labute approximate surface area is 136 Å². The van der Waals surface area contributed by atoms with E-state index in [0.717, 1.165) is 17.3 Å². The zero-order valence-electron chi connectivity index (χ0n) is 12.7. The molecule has 126 valence electrons. The van der Waals surface area contributed by atoms with Crippen LogP contribution < -0.4 is 4.74 Å². The first-order chi connectivity index (χ1) is 10.8. The number of hydrogen-bond acceptors (Lipinski definition) is 5. The highest BCUT2D eigenvalue weighted by atomic mass is 32.2. The zero-order chi connectivity index (χ0) is 16.9. The summed E-state index contributed by atoms with van der Waals surface area (Å²) >= 11 is 1.48. The summed E-state index contributed by atoms with van der Waals surface area (Å²) in [6.45, 7) is 3.61. The summed E-state index contributed by atoms with van der Waals surface area (Å²) in [5.41, 5.74) is 0.952. The van der Waals surface area contributed by atoms with Crippen LogP contribution in [0.4, 0.5) is 13.2 Å². The van der Waals surface area contributed by atoms with Crippen molar-refractivity contribution >= 4 is 11.8 Å². The van der Waals surface area contributed by atoms with Gasteiger partial charge in [0.1, 0.15) is 5.75 Å². The minimum Gasteiger partial charge on any atom is -0.484 e. The van der Waals surface area contributed by atoms with Gasteiger partial charge >= 0.3 is 6.18 Å². The molecule has 1 aromatic heterocycles. The number of benzene rings is 1. The van der Waals surface area contributed by atoms with Crippen LogP contribution in [0.5, 0.6) is 5.75 Å². The number of thioether (sulfide) groups is 1. The summed E-state index contributed by atoms with van der Waals surface area (Å²) in [6, 6.07) is 6.52. The molecule has 0 aliphatic rings. The van der Waals surface area contributed by atoms with Crippen molar-refractivity contribution < 1.29 is 17.9 Å². The summed E-state index contributed by atoms with van der Waals surface area (Å²) < 4.78 is 42.6. The van der Waals surface area contributed by atoms with Crippen LogP contribution in [0.15, 0.2) is 29.4 Å². The number of ether oxygens (including phenoxy) is 1. The number of hydrogen-bond donors (Lipinski definition) is 0. The standard InChI is InChI=1S/C14H17F3N4OS/c1-10(2)7-21-13(18-19-20-21)23-8-11-3-5-12(6-4-11)22-9-14(15,16)17/h3-6,10H,7-9H2,1-2H3. The summed E-state index contributed by atoms with van der Waals surface area (Å²) in [4.78, 5) is 0. The second-order valence-electron chi connectivity index (χ2n) is 5.37. The molecule has 0 radical (unpaired) electrons. The first-order valence-corrected chi connectivity index (χ1v) is 7.99. The Balaban J connectivity index is 1.88. The molecular formula is C14H17F3N4OS. The average Bonchev–Trinajstić information content (AvgIpc) is 2.89. The highest BCUT2D eigenvalue weighted by Crippen LogP contribution is 2.23. The minimum absolute atomic E-state index is 0.195. The number of rotatable bonds is 7. The van der Waals surface area contributed by atoms with Crippen LogP contribution in [-0.2, 0) is 12.3 Å². The third-order valence-electron chi connectivity index (χ3n) is 2.73. The molecule has 1 aromatic carbocycles. The minimum atomic E-state index is -4.33. The quantitative estimate of drug-likeness (QED) is 0.718. The molecule has 23 heavy (non-hydrogen) atoms. The largest absolute Gasteiger partial charge is 0.484 e. The van der Waals surface area contributed by atoms with Gasteiger partial charge in [-0.25, -0.2) is 4.68 Å². The van der Waals surface area contributed by atoms with E-state index in [1.54, 1.807) is 16.8 Å². The van der Waals surface area contributed by atoms with E-state index in [1.165, 1.54) is 23.9 Å². The topological polar surface area (TPSA) is 52.8 Å². The fourth-order valence-electron chi connectivity index (χ4n) is 1.76. The Morgan fingerprint density at radius 2 is 1.91 bits per heavy atom. The molecule has 0 N–H and O–H groups in total. The van der Waals surface area contributed by atoms with Crippen molar-refractivity contribution in [1.82, 2.24) is 20.2 Å². The van der Waals surface area contributed by atoms with Crippen LogP contribution in [0.25, 0.3) is 0 Å². The molecule has 0 amide bonds. The first-order valence-electron chi connectivity index (χ1n) is 7.01. The first kappa shape index (κ1) is 17.6. The van der Waals surface area contributed by atoms with Crippen molar-refractivity contribution in [1.29, 1.82) is 0 Å². The number of nitrogens with zero attached hydrogens (tertiary/aromatic N) is 4. The molecule has 0 unspecified atom stereocenters. The second-order valence-corrected chi connectivity index (χ2v) is 6.32. The maximum Gasteiger partial charge on any atom is 0.422 e. The maximum atomic E-state index is 12.1. The van der Waals surface area contributed by atoms with Crippen molar-refractivity contribution in [2.24, 2.45) is 5.92 Å². The maximum absolute atomic E-state index is 12.1. The Hall–Kier alpha value is -1.77. The molecule has 0 aliphatic heterocycles. The summed E-state index contributed by atoms with van der Waals surface area (Å²) in [5.74, 6) is 1.25. The van der Waals surface area contributed by atoms with Crippen LogP contribution in [0.3, 0.4) is 0 Å². The van der Waals surface area contributed by atoms with E-state index in [0.29, 0.717) is 11.7 Å². The molecular weight excluding hydrogens is 329 g/mol. The molecule has 9 heteroatoms. The lowest BCUT2D eigenvalue weighted by molar-refractivity contribution is -0.153. The number of tetrazole rings is 1. The molecule has 0 spiro atoms. The highest BCUT2D eigenvalue weighted by Gasteiger charge is 2.28. The molecule has 0 saturated carbocycles. The SMILES string of the molecule is CC(C)Cn1nnnc1SCc1ccc(OCC(F)(F)F)cc1. The monoisotopic (exact) mass is 346 g/mol. The van der Waals surface area contributed by atoms with Gasteiger partial charge < -0.3 is 4.74 Å². The van der Waals surface area contributed by atoms with E-state index in [2.05, 4.69) is 34.1 Å². The molecule has 1 heterocycles. The Morgan fingerprint density at radius 1 is 1.22 bits per heavy atom. The van der Waals surface area contributed by atoms with Gasteiger partial charge in [0, 0.05) is 12.3 Å². The lowest BCUT2D eigenvalue weighted by atomic mass is 10.2. The Bertz CT molecular complexity index is 613. The van der Waals surface area contributed by atoms with Gasteiger partial charge in [-0.15, -0.1) is 5.10 Å². The summed E-state index contributed by atoms with van der Waals surface area (Å²) in [5, 5.41) is 12.3. The summed E-state index contributed by atoms with van der Waals surface area (Å²) in [7, 11) is 0. The van der Waals surface area contributed by atoms with Crippen LogP contribution in [-0.4, -0.2) is 33.0 Å². The van der Waals surface area contributed by atoms with Crippen molar-refractivity contribution in [3.63, 3.8) is 0 Å². The van der Waals surface area contributed by atoms with Gasteiger partial charge in [0.15, 0.2) is 6.61 Å². The van der Waals surface area contributed by atoms with Crippen molar-refractivity contribution in [3.8, 4) is 5.75 Å². The molecule has 0 atom stereocenters. The van der Waals surface area contributed by atoms with Gasteiger partial charge in [-0.3, -0.25) is 0 Å². The number of aromatic nitrogens is 4. The van der Waals surface area contributed by atoms with Gasteiger partial charge in [0.25, 0.3) is 0 Å². The lowest BCUT2D eigenvalue weighted by Crippen LogP contribution is -2.19. The summed E-state index contributed by atoms with van der Waals surface area (Å²) in [6.07, 6.45) is -4.33. The van der Waals surface area contributed by atoms with Crippen LogP contribution >= 0.6 is 11.8 Å². The molecule has 2 aromatic rings. The van der Waals surface area contributed by atoms with E-state index >= 15 is 0 Å². The van der Waals surface area contributed by atoms with E-state index in [-0.39, 0.29) is 5.75 Å². The van der Waals surface area contributed by atoms with E-state index < -0.39 is 12.8 Å². The van der Waals surface area contributed by atoms with Gasteiger partial charge in [-0.05, 0) is 34.0 Å². The normalized spacial score (nSPS) is 11.9. The Kier molecular flexibility index (Phi) is 5.86. The van der Waals surface area contributed by atoms with Crippen LogP contribution in [0, 0.1) is 5.92 Å². The fourth-order valence-corrected chi connectivity index (χ4v) is 2.60. The molecule has 0 aliphatic carbocycles. The number of alkyl halides is 3.